The molecule has 1 amide bonds. The number of benzene rings is 1. The van der Waals surface area contributed by atoms with Gasteiger partial charge in [-0.3, -0.25) is 0 Å². The molecule has 1 atom stereocenters. The van der Waals surface area contributed by atoms with E-state index in [9.17, 15) is 9.18 Å². The van der Waals surface area contributed by atoms with Gasteiger partial charge in [0.2, 0.25) is 0 Å². The Bertz CT molecular complexity index is 485. The summed E-state index contributed by atoms with van der Waals surface area (Å²) in [5.41, 5.74) is 0.342. The van der Waals surface area contributed by atoms with Crippen molar-refractivity contribution in [1.29, 1.82) is 0 Å². The lowest BCUT2D eigenvalue weighted by molar-refractivity contribution is 0.0195. The number of amides is 1. The number of nitrogens with one attached hydrogen (secondary N) is 1. The summed E-state index contributed by atoms with van der Waals surface area (Å²) < 4.78 is 18.6. The van der Waals surface area contributed by atoms with Crippen molar-refractivity contribution in [2.75, 3.05) is 19.6 Å². The van der Waals surface area contributed by atoms with Crippen molar-refractivity contribution in [3.05, 3.63) is 35.6 Å². The van der Waals surface area contributed by atoms with E-state index in [1.165, 1.54) is 12.1 Å². The Morgan fingerprint density at radius 2 is 2.20 bits per heavy atom. The second kappa shape index (κ2) is 5.79. The summed E-state index contributed by atoms with van der Waals surface area (Å²) in [6, 6.07) is 6.39. The van der Waals surface area contributed by atoms with Gasteiger partial charge < -0.3 is 15.0 Å². The smallest absolute Gasteiger partial charge is 0.410 e. The molecule has 0 unspecified atom stereocenters. The van der Waals surface area contributed by atoms with Crippen LogP contribution in [0.2, 0.25) is 0 Å². The molecule has 0 aliphatic carbocycles. The molecule has 20 heavy (non-hydrogen) atoms. The maximum atomic E-state index is 13.3. The van der Waals surface area contributed by atoms with Crippen molar-refractivity contribution in [3.8, 4) is 0 Å². The van der Waals surface area contributed by atoms with Crippen LogP contribution in [0.25, 0.3) is 0 Å². The monoisotopic (exact) mass is 280 g/mol. The van der Waals surface area contributed by atoms with E-state index in [1.807, 2.05) is 26.8 Å². The number of ether oxygens (including phenoxy) is 1. The minimum absolute atomic E-state index is 0.0630. The van der Waals surface area contributed by atoms with Crippen LogP contribution < -0.4 is 5.32 Å². The molecule has 0 aromatic heterocycles. The molecule has 0 saturated carbocycles. The molecule has 2 rings (SSSR count). The van der Waals surface area contributed by atoms with Crippen molar-refractivity contribution in [3.63, 3.8) is 0 Å². The molecular weight excluding hydrogens is 259 g/mol. The lowest BCUT2D eigenvalue weighted by Crippen LogP contribution is -2.49. The second-order valence-electron chi connectivity index (χ2n) is 5.99. The van der Waals surface area contributed by atoms with Crippen LogP contribution in [0, 0.1) is 5.82 Å². The van der Waals surface area contributed by atoms with E-state index in [-0.39, 0.29) is 18.0 Å². The first-order chi connectivity index (χ1) is 9.35. The quantitative estimate of drug-likeness (QED) is 0.860. The maximum absolute atomic E-state index is 13.3. The average molecular weight is 280 g/mol. The Balaban J connectivity index is 2.03. The molecular formula is C15H21FN2O2. The highest BCUT2D eigenvalue weighted by Crippen LogP contribution is 2.20. The lowest BCUT2D eigenvalue weighted by Gasteiger charge is -2.35. The minimum atomic E-state index is -0.504. The Morgan fingerprint density at radius 3 is 2.85 bits per heavy atom. The van der Waals surface area contributed by atoms with Crippen LogP contribution in [0.4, 0.5) is 9.18 Å². The van der Waals surface area contributed by atoms with Crippen molar-refractivity contribution < 1.29 is 13.9 Å². The largest absolute Gasteiger partial charge is 0.444 e. The number of carbonyl (C=O) groups excluding carboxylic acids is 1. The molecule has 1 saturated heterocycles. The molecule has 0 spiro atoms. The normalized spacial score (nSPS) is 19.8. The molecule has 0 bridgehead atoms. The van der Waals surface area contributed by atoms with Gasteiger partial charge in [-0.05, 0) is 38.5 Å². The molecule has 4 nitrogen and oxygen atoms in total. The van der Waals surface area contributed by atoms with Crippen molar-refractivity contribution in [1.82, 2.24) is 10.2 Å². The minimum Gasteiger partial charge on any atom is -0.444 e. The Labute approximate surface area is 118 Å². The van der Waals surface area contributed by atoms with Gasteiger partial charge in [0.05, 0.1) is 6.04 Å². The van der Waals surface area contributed by atoms with Crippen molar-refractivity contribution >= 4 is 6.09 Å². The standard InChI is InChI=1S/C15H21FN2O2/c1-15(2,3)20-14(19)18-8-7-17-13(10-18)11-5-4-6-12(16)9-11/h4-6,9,13,17H,7-8,10H2,1-3H3/t13-/m1/s1. The van der Waals surface area contributed by atoms with Gasteiger partial charge in [-0.2, -0.15) is 0 Å². The first kappa shape index (κ1) is 14.8. The first-order valence-electron chi connectivity index (χ1n) is 6.82. The third-order valence-corrected chi connectivity index (χ3v) is 3.08. The lowest BCUT2D eigenvalue weighted by atomic mass is 10.0. The van der Waals surface area contributed by atoms with Crippen LogP contribution in [-0.2, 0) is 4.74 Å². The summed E-state index contributed by atoms with van der Waals surface area (Å²) in [7, 11) is 0. The Morgan fingerprint density at radius 1 is 1.45 bits per heavy atom. The summed E-state index contributed by atoms with van der Waals surface area (Å²) in [5, 5.41) is 3.29. The summed E-state index contributed by atoms with van der Waals surface area (Å²) in [5.74, 6) is -0.265. The second-order valence-corrected chi connectivity index (χ2v) is 5.99. The van der Waals surface area contributed by atoms with Crippen LogP contribution in [0.5, 0.6) is 0 Å². The Hall–Kier alpha value is -1.62. The molecule has 110 valence electrons. The third-order valence-electron chi connectivity index (χ3n) is 3.08. The molecule has 1 aliphatic rings. The number of hydrogen-bond acceptors (Lipinski definition) is 3. The van der Waals surface area contributed by atoms with Gasteiger partial charge in [0, 0.05) is 19.6 Å². The zero-order valence-corrected chi connectivity index (χ0v) is 12.1. The summed E-state index contributed by atoms with van der Waals surface area (Å²) in [6.07, 6.45) is -0.319. The van der Waals surface area contributed by atoms with Crippen LogP contribution >= 0.6 is 0 Å². The molecule has 0 radical (unpaired) electrons. The van der Waals surface area contributed by atoms with Crippen molar-refractivity contribution in [2.24, 2.45) is 0 Å². The van der Waals surface area contributed by atoms with E-state index >= 15 is 0 Å². The van der Waals surface area contributed by atoms with E-state index in [1.54, 1.807) is 11.0 Å². The third kappa shape index (κ3) is 3.93. The highest BCUT2D eigenvalue weighted by Gasteiger charge is 2.28. The van der Waals surface area contributed by atoms with Gasteiger partial charge in [-0.25, -0.2) is 9.18 Å². The van der Waals surface area contributed by atoms with E-state index in [0.29, 0.717) is 19.6 Å². The number of hydrogen-bond donors (Lipinski definition) is 1. The number of nitrogens with zero attached hydrogens (tertiary/aromatic N) is 1. The van der Waals surface area contributed by atoms with Crippen LogP contribution in [0.3, 0.4) is 0 Å². The Kier molecular flexibility index (Phi) is 4.28. The molecule has 1 aromatic carbocycles. The van der Waals surface area contributed by atoms with E-state index < -0.39 is 5.60 Å². The molecule has 1 heterocycles. The predicted molar refractivity (Wildman–Crippen MR) is 75.0 cm³/mol. The molecule has 1 fully saturated rings. The van der Waals surface area contributed by atoms with E-state index in [0.717, 1.165) is 5.56 Å². The van der Waals surface area contributed by atoms with Gasteiger partial charge in [0.1, 0.15) is 11.4 Å². The van der Waals surface area contributed by atoms with Gasteiger partial charge in [-0.15, -0.1) is 0 Å². The highest BCUT2D eigenvalue weighted by atomic mass is 19.1. The predicted octanol–water partition coefficient (Wildman–Crippen LogP) is 2.71. The molecule has 5 heteroatoms. The highest BCUT2D eigenvalue weighted by molar-refractivity contribution is 5.68. The number of halogens is 1. The fraction of sp³-hybridized carbons (Fsp3) is 0.533. The number of carbonyl (C=O) groups is 1. The van der Waals surface area contributed by atoms with Crippen LogP contribution in [0.1, 0.15) is 32.4 Å². The molecule has 1 N–H and O–H groups in total. The average Bonchev–Trinajstić information content (AvgIpc) is 2.37. The molecule has 1 aliphatic heterocycles. The zero-order chi connectivity index (χ0) is 14.8. The number of piperazine rings is 1. The van der Waals surface area contributed by atoms with Gasteiger partial charge in [0.15, 0.2) is 0 Å². The fourth-order valence-corrected chi connectivity index (χ4v) is 2.19. The van der Waals surface area contributed by atoms with E-state index in [4.69, 9.17) is 4.74 Å². The van der Waals surface area contributed by atoms with Gasteiger partial charge in [-0.1, -0.05) is 12.1 Å². The van der Waals surface area contributed by atoms with E-state index in [2.05, 4.69) is 5.32 Å². The molecule has 1 aromatic rings. The number of rotatable bonds is 1. The van der Waals surface area contributed by atoms with Gasteiger partial charge in [0.25, 0.3) is 0 Å². The van der Waals surface area contributed by atoms with Crippen LogP contribution in [0.15, 0.2) is 24.3 Å². The topological polar surface area (TPSA) is 41.6 Å². The zero-order valence-electron chi connectivity index (χ0n) is 12.1. The van der Waals surface area contributed by atoms with Crippen molar-refractivity contribution in [2.45, 2.75) is 32.4 Å². The van der Waals surface area contributed by atoms with Crippen LogP contribution in [-0.4, -0.2) is 36.2 Å². The summed E-state index contributed by atoms with van der Waals surface area (Å²) >= 11 is 0. The van der Waals surface area contributed by atoms with Gasteiger partial charge >= 0.3 is 6.09 Å². The SMILES string of the molecule is CC(C)(C)OC(=O)N1CCN[C@@H](c2cccc(F)c2)C1. The fourth-order valence-electron chi connectivity index (χ4n) is 2.19. The maximum Gasteiger partial charge on any atom is 0.410 e. The first-order valence-corrected chi connectivity index (χ1v) is 6.82. The summed E-state index contributed by atoms with van der Waals surface area (Å²) in [4.78, 5) is 13.7. The summed E-state index contributed by atoms with van der Waals surface area (Å²) in [6.45, 7) is 7.28.